The van der Waals surface area contributed by atoms with E-state index in [2.05, 4.69) is 0 Å². The molecule has 0 bridgehead atoms. The quantitative estimate of drug-likeness (QED) is 0.666. The first kappa shape index (κ1) is 10.8. The highest BCUT2D eigenvalue weighted by molar-refractivity contribution is 4.73. The number of rotatable bonds is 5. The summed E-state index contributed by atoms with van der Waals surface area (Å²) in [4.78, 5) is 0. The van der Waals surface area contributed by atoms with E-state index >= 15 is 0 Å². The van der Waals surface area contributed by atoms with Gasteiger partial charge in [-0.1, -0.05) is 0 Å². The molecule has 0 spiro atoms. The molecule has 0 aliphatic heterocycles. The van der Waals surface area contributed by atoms with E-state index < -0.39 is 6.17 Å². The summed E-state index contributed by atoms with van der Waals surface area (Å²) in [5.41, 5.74) is 4.84. The van der Waals surface area contributed by atoms with Crippen LogP contribution in [0.1, 0.15) is 26.7 Å². The van der Waals surface area contributed by atoms with E-state index in [-0.39, 0.29) is 5.60 Å². The Morgan fingerprint density at radius 3 is 2.45 bits per heavy atom. The van der Waals surface area contributed by atoms with Crippen molar-refractivity contribution < 1.29 is 9.13 Å². The molecule has 0 rings (SSSR count). The third-order valence-electron chi connectivity index (χ3n) is 1.75. The number of ether oxygens (including phenoxy) is 1. The Morgan fingerprint density at radius 2 is 2.09 bits per heavy atom. The Hall–Kier alpha value is -0.150. The molecule has 2 N–H and O–H groups in total. The van der Waals surface area contributed by atoms with Crippen molar-refractivity contribution >= 4 is 0 Å². The average Bonchev–Trinajstić information content (AvgIpc) is 1.87. The molecule has 11 heavy (non-hydrogen) atoms. The highest BCUT2D eigenvalue weighted by atomic mass is 19.1. The largest absolute Gasteiger partial charge is 0.379 e. The molecule has 0 saturated carbocycles. The SMILES string of the molecule is COC(C)(C)CC(F)CCN. The van der Waals surface area contributed by atoms with Crippen LogP contribution in [0.5, 0.6) is 0 Å². The van der Waals surface area contributed by atoms with E-state index in [1.165, 1.54) is 0 Å². The van der Waals surface area contributed by atoms with Gasteiger partial charge in [0.25, 0.3) is 0 Å². The number of halogens is 1. The lowest BCUT2D eigenvalue weighted by Gasteiger charge is -2.24. The van der Waals surface area contributed by atoms with E-state index in [9.17, 15) is 4.39 Å². The Bertz CT molecular complexity index is 106. The van der Waals surface area contributed by atoms with E-state index in [0.29, 0.717) is 19.4 Å². The van der Waals surface area contributed by atoms with E-state index in [4.69, 9.17) is 10.5 Å². The summed E-state index contributed by atoms with van der Waals surface area (Å²) in [5, 5.41) is 0. The van der Waals surface area contributed by atoms with Crippen LogP contribution in [0.15, 0.2) is 0 Å². The van der Waals surface area contributed by atoms with Crippen LogP contribution in [0.25, 0.3) is 0 Å². The average molecular weight is 163 g/mol. The normalized spacial score (nSPS) is 15.0. The van der Waals surface area contributed by atoms with Crippen molar-refractivity contribution in [2.45, 2.75) is 38.5 Å². The Labute approximate surface area is 67.9 Å². The minimum absolute atomic E-state index is 0.366. The van der Waals surface area contributed by atoms with Gasteiger partial charge in [0.2, 0.25) is 0 Å². The van der Waals surface area contributed by atoms with Gasteiger partial charge in [-0.05, 0) is 26.8 Å². The van der Waals surface area contributed by atoms with E-state index in [1.54, 1.807) is 7.11 Å². The van der Waals surface area contributed by atoms with Crippen molar-refractivity contribution in [3.63, 3.8) is 0 Å². The van der Waals surface area contributed by atoms with Crippen LogP contribution in [0.4, 0.5) is 4.39 Å². The third-order valence-corrected chi connectivity index (χ3v) is 1.75. The van der Waals surface area contributed by atoms with Crippen molar-refractivity contribution in [3.05, 3.63) is 0 Å². The summed E-state index contributed by atoms with van der Waals surface area (Å²) < 4.78 is 18.0. The van der Waals surface area contributed by atoms with Crippen molar-refractivity contribution in [2.75, 3.05) is 13.7 Å². The van der Waals surface area contributed by atoms with E-state index in [1.807, 2.05) is 13.8 Å². The molecule has 68 valence electrons. The first-order valence-corrected chi connectivity index (χ1v) is 3.91. The van der Waals surface area contributed by atoms with Gasteiger partial charge in [-0.3, -0.25) is 0 Å². The standard InChI is InChI=1S/C8H18FNO/c1-8(2,11-3)6-7(9)4-5-10/h7H,4-6,10H2,1-3H3. The van der Waals surface area contributed by atoms with Gasteiger partial charge in [-0.15, -0.1) is 0 Å². The zero-order chi connectivity index (χ0) is 8.91. The van der Waals surface area contributed by atoms with Gasteiger partial charge in [-0.2, -0.15) is 0 Å². The van der Waals surface area contributed by atoms with Crippen LogP contribution >= 0.6 is 0 Å². The molecule has 0 saturated heterocycles. The molecule has 2 nitrogen and oxygen atoms in total. The topological polar surface area (TPSA) is 35.2 Å². The lowest BCUT2D eigenvalue weighted by atomic mass is 10.00. The summed E-state index contributed by atoms with van der Waals surface area (Å²) in [6.45, 7) is 4.15. The van der Waals surface area contributed by atoms with Gasteiger partial charge in [-0.25, -0.2) is 4.39 Å². The lowest BCUT2D eigenvalue weighted by Crippen LogP contribution is -2.27. The van der Waals surface area contributed by atoms with Crippen LogP contribution in [0, 0.1) is 0 Å². The summed E-state index contributed by atoms with van der Waals surface area (Å²) in [6.07, 6.45) is 0.00275. The van der Waals surface area contributed by atoms with Gasteiger partial charge < -0.3 is 10.5 Å². The molecule has 0 aromatic carbocycles. The number of hydrogen-bond acceptors (Lipinski definition) is 2. The fourth-order valence-corrected chi connectivity index (χ4v) is 0.900. The van der Waals surface area contributed by atoms with Crippen molar-refractivity contribution in [1.82, 2.24) is 0 Å². The molecule has 1 unspecified atom stereocenters. The number of methoxy groups -OCH3 is 1. The van der Waals surface area contributed by atoms with Gasteiger partial charge in [0.15, 0.2) is 0 Å². The molecular weight excluding hydrogens is 145 g/mol. The minimum Gasteiger partial charge on any atom is -0.379 e. The second-order valence-electron chi connectivity index (χ2n) is 3.34. The molecule has 0 amide bonds. The summed E-state index contributed by atoms with van der Waals surface area (Å²) in [7, 11) is 1.59. The molecule has 0 aliphatic rings. The molecule has 0 fully saturated rings. The van der Waals surface area contributed by atoms with Crippen molar-refractivity contribution in [2.24, 2.45) is 5.73 Å². The van der Waals surface area contributed by atoms with Crippen LogP contribution in [-0.2, 0) is 4.74 Å². The summed E-state index contributed by atoms with van der Waals surface area (Å²) in [6, 6.07) is 0. The lowest BCUT2D eigenvalue weighted by molar-refractivity contribution is -0.00391. The highest BCUT2D eigenvalue weighted by Crippen LogP contribution is 2.18. The zero-order valence-electron chi connectivity index (χ0n) is 7.56. The van der Waals surface area contributed by atoms with Crippen molar-refractivity contribution in [1.29, 1.82) is 0 Å². The summed E-state index contributed by atoms with van der Waals surface area (Å²) >= 11 is 0. The molecule has 3 heteroatoms. The monoisotopic (exact) mass is 163 g/mol. The molecule has 0 aliphatic carbocycles. The molecule has 1 atom stereocenters. The summed E-state index contributed by atoms with van der Waals surface area (Å²) in [5.74, 6) is 0. The molecule has 0 aromatic heterocycles. The zero-order valence-corrected chi connectivity index (χ0v) is 7.56. The van der Waals surface area contributed by atoms with Crippen LogP contribution in [-0.4, -0.2) is 25.4 Å². The van der Waals surface area contributed by atoms with E-state index in [0.717, 1.165) is 0 Å². The van der Waals surface area contributed by atoms with Crippen LogP contribution in [0.3, 0.4) is 0 Å². The van der Waals surface area contributed by atoms with Crippen molar-refractivity contribution in [3.8, 4) is 0 Å². The van der Waals surface area contributed by atoms with Gasteiger partial charge >= 0.3 is 0 Å². The molecule has 0 heterocycles. The smallest absolute Gasteiger partial charge is 0.104 e. The highest BCUT2D eigenvalue weighted by Gasteiger charge is 2.21. The Kier molecular flexibility index (Phi) is 4.61. The predicted octanol–water partition coefficient (Wildman–Crippen LogP) is 1.49. The Balaban J connectivity index is 3.64. The first-order chi connectivity index (χ1) is 5.02. The number of nitrogens with two attached hydrogens (primary N) is 1. The minimum atomic E-state index is -0.838. The fourth-order valence-electron chi connectivity index (χ4n) is 0.900. The molecule has 0 aromatic rings. The maximum atomic E-state index is 12.9. The predicted molar refractivity (Wildman–Crippen MR) is 44.3 cm³/mol. The van der Waals surface area contributed by atoms with Gasteiger partial charge in [0.05, 0.1) is 5.60 Å². The second-order valence-corrected chi connectivity index (χ2v) is 3.34. The molecule has 0 radical (unpaired) electrons. The Morgan fingerprint density at radius 1 is 1.55 bits per heavy atom. The van der Waals surface area contributed by atoms with Crippen LogP contribution < -0.4 is 5.73 Å². The fraction of sp³-hybridized carbons (Fsp3) is 1.00. The number of hydrogen-bond donors (Lipinski definition) is 1. The maximum absolute atomic E-state index is 12.9. The third kappa shape index (κ3) is 5.16. The van der Waals surface area contributed by atoms with Gasteiger partial charge in [0, 0.05) is 13.5 Å². The molecular formula is C8H18FNO. The first-order valence-electron chi connectivity index (χ1n) is 3.91. The number of alkyl halides is 1. The van der Waals surface area contributed by atoms with Crippen LogP contribution in [0.2, 0.25) is 0 Å². The maximum Gasteiger partial charge on any atom is 0.104 e. The van der Waals surface area contributed by atoms with Gasteiger partial charge in [0.1, 0.15) is 6.17 Å². The second kappa shape index (κ2) is 4.67.